The van der Waals surface area contributed by atoms with Gasteiger partial charge in [0.2, 0.25) is 0 Å². The normalized spacial score (nSPS) is 31.5. The summed E-state index contributed by atoms with van der Waals surface area (Å²) in [6, 6.07) is 0. The lowest BCUT2D eigenvalue weighted by Crippen LogP contribution is -2.35. The van der Waals surface area contributed by atoms with Crippen molar-refractivity contribution in [3.05, 3.63) is 0 Å². The van der Waals surface area contributed by atoms with Gasteiger partial charge in [0.15, 0.2) is 0 Å². The fourth-order valence-electron chi connectivity index (χ4n) is 2.64. The largest absolute Gasteiger partial charge is 0.392 e. The Labute approximate surface area is 75.2 Å². The number of hydrogen-bond acceptors (Lipinski definition) is 1. The first-order valence-corrected chi connectivity index (χ1v) is 5.40. The zero-order valence-corrected chi connectivity index (χ0v) is 8.05. The summed E-state index contributed by atoms with van der Waals surface area (Å²) in [7, 11) is 0. The maximum Gasteiger partial charge on any atom is 0.0621 e. The third-order valence-corrected chi connectivity index (χ3v) is 3.78. The van der Waals surface area contributed by atoms with E-state index >= 15 is 0 Å². The molecule has 2 aliphatic rings. The Bertz CT molecular complexity index is 154. The highest BCUT2D eigenvalue weighted by Gasteiger charge is 2.42. The fourth-order valence-corrected chi connectivity index (χ4v) is 2.64. The van der Waals surface area contributed by atoms with Gasteiger partial charge in [0.1, 0.15) is 0 Å². The van der Waals surface area contributed by atoms with Crippen molar-refractivity contribution in [1.82, 2.24) is 0 Å². The average molecular weight is 168 g/mol. The lowest BCUT2D eigenvalue weighted by Gasteiger charge is -2.38. The van der Waals surface area contributed by atoms with Crippen LogP contribution in [0.3, 0.4) is 0 Å². The third kappa shape index (κ3) is 1.52. The second-order valence-electron chi connectivity index (χ2n) is 5.00. The van der Waals surface area contributed by atoms with Gasteiger partial charge in [-0.05, 0) is 37.0 Å². The summed E-state index contributed by atoms with van der Waals surface area (Å²) in [6.45, 7) is 2.29. The van der Waals surface area contributed by atoms with Crippen LogP contribution >= 0.6 is 0 Å². The van der Waals surface area contributed by atoms with Gasteiger partial charge in [0.05, 0.1) is 6.10 Å². The summed E-state index contributed by atoms with van der Waals surface area (Å²) in [5, 5.41) is 10.1. The maximum atomic E-state index is 10.1. The number of aliphatic hydroxyl groups excluding tert-OH is 1. The van der Waals surface area contributed by atoms with Crippen molar-refractivity contribution < 1.29 is 5.11 Å². The molecule has 2 fully saturated rings. The smallest absolute Gasteiger partial charge is 0.0621 e. The van der Waals surface area contributed by atoms with Crippen LogP contribution < -0.4 is 0 Å². The molecule has 12 heavy (non-hydrogen) atoms. The van der Waals surface area contributed by atoms with Gasteiger partial charge in [-0.25, -0.2) is 0 Å². The van der Waals surface area contributed by atoms with Gasteiger partial charge in [-0.1, -0.05) is 26.2 Å². The summed E-state index contributed by atoms with van der Waals surface area (Å²) < 4.78 is 0. The van der Waals surface area contributed by atoms with Crippen LogP contribution in [0.4, 0.5) is 0 Å². The van der Waals surface area contributed by atoms with E-state index in [0.717, 1.165) is 0 Å². The molecule has 0 saturated heterocycles. The van der Waals surface area contributed by atoms with Crippen molar-refractivity contribution in [2.45, 2.75) is 58.0 Å². The summed E-state index contributed by atoms with van der Waals surface area (Å²) >= 11 is 0. The lowest BCUT2D eigenvalue weighted by molar-refractivity contribution is -0.00532. The van der Waals surface area contributed by atoms with Crippen molar-refractivity contribution in [3.8, 4) is 0 Å². The third-order valence-electron chi connectivity index (χ3n) is 3.78. The van der Waals surface area contributed by atoms with Crippen molar-refractivity contribution in [2.75, 3.05) is 0 Å². The molecule has 1 unspecified atom stereocenters. The minimum Gasteiger partial charge on any atom is -0.392 e. The number of aliphatic hydroxyl groups is 1. The standard InChI is InChI=1S/C11H20O/c1-11(7-3-2-4-8-11)10(12)9-5-6-9/h9-10,12H,2-8H2,1H3. The van der Waals surface area contributed by atoms with Crippen LogP contribution in [0.15, 0.2) is 0 Å². The van der Waals surface area contributed by atoms with Crippen LogP contribution in [0, 0.1) is 11.3 Å². The molecule has 0 radical (unpaired) electrons. The molecule has 1 atom stereocenters. The van der Waals surface area contributed by atoms with E-state index in [9.17, 15) is 5.11 Å². The molecule has 1 nitrogen and oxygen atoms in total. The van der Waals surface area contributed by atoms with E-state index in [-0.39, 0.29) is 11.5 Å². The summed E-state index contributed by atoms with van der Waals surface area (Å²) in [6.07, 6.45) is 9.12. The predicted molar refractivity (Wildman–Crippen MR) is 49.9 cm³/mol. The summed E-state index contributed by atoms with van der Waals surface area (Å²) in [4.78, 5) is 0. The quantitative estimate of drug-likeness (QED) is 0.672. The molecule has 0 aromatic rings. The Morgan fingerprint density at radius 3 is 2.25 bits per heavy atom. The molecule has 70 valence electrons. The van der Waals surface area contributed by atoms with E-state index in [1.807, 2.05) is 0 Å². The first kappa shape index (κ1) is 8.55. The Morgan fingerprint density at radius 2 is 1.75 bits per heavy atom. The van der Waals surface area contributed by atoms with E-state index in [1.165, 1.54) is 44.9 Å². The average Bonchev–Trinajstić information content (AvgIpc) is 2.87. The second-order valence-corrected chi connectivity index (χ2v) is 5.00. The van der Waals surface area contributed by atoms with Crippen LogP contribution in [0.5, 0.6) is 0 Å². The molecule has 0 bridgehead atoms. The minimum absolute atomic E-state index is 0.0119. The fraction of sp³-hybridized carbons (Fsp3) is 1.00. The highest BCUT2D eigenvalue weighted by atomic mass is 16.3. The van der Waals surface area contributed by atoms with Crippen LogP contribution in [0.1, 0.15) is 51.9 Å². The molecule has 0 aromatic heterocycles. The topological polar surface area (TPSA) is 20.2 Å². The minimum atomic E-state index is 0.0119. The van der Waals surface area contributed by atoms with E-state index < -0.39 is 0 Å². The molecule has 0 heterocycles. The van der Waals surface area contributed by atoms with Gasteiger partial charge in [-0.15, -0.1) is 0 Å². The van der Waals surface area contributed by atoms with Gasteiger partial charge in [0, 0.05) is 0 Å². The van der Waals surface area contributed by atoms with Crippen molar-refractivity contribution >= 4 is 0 Å². The van der Waals surface area contributed by atoms with E-state index in [0.29, 0.717) is 5.92 Å². The van der Waals surface area contributed by atoms with Gasteiger partial charge in [0.25, 0.3) is 0 Å². The Hall–Kier alpha value is -0.0400. The lowest BCUT2D eigenvalue weighted by atomic mass is 9.70. The first-order valence-electron chi connectivity index (χ1n) is 5.40. The van der Waals surface area contributed by atoms with E-state index in [4.69, 9.17) is 0 Å². The molecule has 0 aromatic carbocycles. The highest BCUT2D eigenvalue weighted by Crippen LogP contribution is 2.47. The van der Waals surface area contributed by atoms with Crippen molar-refractivity contribution in [1.29, 1.82) is 0 Å². The van der Waals surface area contributed by atoms with Gasteiger partial charge in [-0.2, -0.15) is 0 Å². The SMILES string of the molecule is CC1(C(O)C2CC2)CCCCC1. The number of rotatable bonds is 2. The molecule has 0 amide bonds. The van der Waals surface area contributed by atoms with Crippen molar-refractivity contribution in [3.63, 3.8) is 0 Å². The Morgan fingerprint density at radius 1 is 1.17 bits per heavy atom. The van der Waals surface area contributed by atoms with Gasteiger partial charge < -0.3 is 5.11 Å². The zero-order valence-electron chi connectivity index (χ0n) is 8.05. The monoisotopic (exact) mass is 168 g/mol. The molecule has 1 heteroatoms. The Balaban J connectivity index is 1.96. The molecule has 2 rings (SSSR count). The molecule has 0 spiro atoms. The first-order chi connectivity index (χ1) is 5.72. The Kier molecular flexibility index (Phi) is 2.16. The van der Waals surface area contributed by atoms with E-state index in [2.05, 4.69) is 6.92 Å². The van der Waals surface area contributed by atoms with Crippen LogP contribution in [0.2, 0.25) is 0 Å². The number of hydrogen-bond donors (Lipinski definition) is 1. The molecular formula is C11H20O. The summed E-state index contributed by atoms with van der Waals surface area (Å²) in [5.41, 5.74) is 0.277. The van der Waals surface area contributed by atoms with Crippen LogP contribution in [-0.4, -0.2) is 11.2 Å². The molecule has 1 N–H and O–H groups in total. The van der Waals surface area contributed by atoms with Gasteiger partial charge >= 0.3 is 0 Å². The molecule has 0 aliphatic heterocycles. The van der Waals surface area contributed by atoms with E-state index in [1.54, 1.807) is 0 Å². The highest BCUT2D eigenvalue weighted by molar-refractivity contribution is 4.93. The molecule has 2 aliphatic carbocycles. The van der Waals surface area contributed by atoms with Crippen molar-refractivity contribution in [2.24, 2.45) is 11.3 Å². The molecular weight excluding hydrogens is 148 g/mol. The maximum absolute atomic E-state index is 10.1. The second kappa shape index (κ2) is 3.02. The van der Waals surface area contributed by atoms with Gasteiger partial charge in [-0.3, -0.25) is 0 Å². The molecule has 2 saturated carbocycles. The van der Waals surface area contributed by atoms with Crippen LogP contribution in [-0.2, 0) is 0 Å². The van der Waals surface area contributed by atoms with Crippen LogP contribution in [0.25, 0.3) is 0 Å². The summed E-state index contributed by atoms with van der Waals surface area (Å²) in [5.74, 6) is 0.660. The predicted octanol–water partition coefficient (Wildman–Crippen LogP) is 2.73. The zero-order chi connectivity index (χ0) is 8.60.